The van der Waals surface area contributed by atoms with Crippen LogP contribution in [0.25, 0.3) is 11.4 Å². The van der Waals surface area contributed by atoms with Crippen molar-refractivity contribution in [2.24, 2.45) is 0 Å². The first-order chi connectivity index (χ1) is 11.4. The molecule has 1 aromatic carbocycles. The number of hydrogen-bond acceptors (Lipinski definition) is 4. The maximum Gasteiger partial charge on any atom is 0.187 e. The molecule has 0 radical (unpaired) electrons. The predicted molar refractivity (Wildman–Crippen MR) is 91.0 cm³/mol. The number of thiazole rings is 1. The van der Waals surface area contributed by atoms with Crippen molar-refractivity contribution in [3.05, 3.63) is 52.0 Å². The van der Waals surface area contributed by atoms with Crippen LogP contribution < -0.4 is 5.32 Å². The minimum atomic E-state index is -0.683. The number of nitrogens with zero attached hydrogens (tertiary/aromatic N) is 1. The van der Waals surface area contributed by atoms with Crippen molar-refractivity contribution in [3.8, 4) is 11.4 Å². The van der Waals surface area contributed by atoms with Gasteiger partial charge < -0.3 is 10.3 Å². The Hall–Kier alpha value is -2.54. The Morgan fingerprint density at radius 2 is 2.04 bits per heavy atom. The van der Waals surface area contributed by atoms with E-state index < -0.39 is 11.6 Å². The molecule has 0 saturated heterocycles. The number of nitrogens with one attached hydrogen (secondary N) is 2. The Balaban J connectivity index is 1.91. The lowest BCUT2D eigenvalue weighted by atomic mass is 10.1. The van der Waals surface area contributed by atoms with Gasteiger partial charge in [-0.2, -0.15) is 0 Å². The molecule has 0 atom stereocenters. The molecule has 4 nitrogen and oxygen atoms in total. The number of rotatable bonds is 4. The third-order valence-electron chi connectivity index (χ3n) is 3.72. The summed E-state index contributed by atoms with van der Waals surface area (Å²) in [6.45, 7) is 5.23. The number of hydrogen-bond donors (Lipinski definition) is 2. The van der Waals surface area contributed by atoms with Gasteiger partial charge in [0.05, 0.1) is 11.4 Å². The summed E-state index contributed by atoms with van der Waals surface area (Å²) in [5.74, 6) is -1.32. The Kier molecular flexibility index (Phi) is 4.19. The Labute approximate surface area is 141 Å². The van der Waals surface area contributed by atoms with Crippen LogP contribution in [-0.2, 0) is 0 Å². The molecular formula is C17H15F2N3OS. The second kappa shape index (κ2) is 6.16. The monoisotopic (exact) mass is 347 g/mol. The molecule has 0 saturated carbocycles. The van der Waals surface area contributed by atoms with Crippen LogP contribution in [0.1, 0.15) is 28.5 Å². The van der Waals surface area contributed by atoms with E-state index in [4.69, 9.17) is 0 Å². The standard InChI is InChI=1S/C17H15F2N3OS/c1-8-15(10(3)23)9(2)20-16(8)14-7-24-17(22-14)21-13-5-4-11(18)6-12(13)19/h4-7,20H,1-3H3,(H,21,22). The average Bonchev–Trinajstić information content (AvgIpc) is 3.06. The molecule has 0 aliphatic carbocycles. The molecule has 0 amide bonds. The number of anilines is 2. The molecule has 3 rings (SSSR count). The zero-order valence-electron chi connectivity index (χ0n) is 13.3. The fourth-order valence-electron chi connectivity index (χ4n) is 2.69. The van der Waals surface area contributed by atoms with E-state index in [-0.39, 0.29) is 11.5 Å². The van der Waals surface area contributed by atoms with Crippen molar-refractivity contribution < 1.29 is 13.6 Å². The highest BCUT2D eigenvalue weighted by molar-refractivity contribution is 7.14. The van der Waals surface area contributed by atoms with Gasteiger partial charge in [0.2, 0.25) is 0 Å². The van der Waals surface area contributed by atoms with Crippen LogP contribution in [0.4, 0.5) is 19.6 Å². The largest absolute Gasteiger partial charge is 0.356 e. The quantitative estimate of drug-likeness (QED) is 0.655. The molecule has 0 spiro atoms. The number of aromatic nitrogens is 2. The smallest absolute Gasteiger partial charge is 0.187 e. The van der Waals surface area contributed by atoms with E-state index in [0.717, 1.165) is 23.0 Å². The molecule has 3 aromatic rings. The third kappa shape index (κ3) is 2.94. The number of benzene rings is 1. The van der Waals surface area contributed by atoms with E-state index in [1.807, 2.05) is 19.2 Å². The number of carbonyl (C=O) groups is 1. The normalized spacial score (nSPS) is 10.9. The van der Waals surface area contributed by atoms with Gasteiger partial charge in [0.25, 0.3) is 0 Å². The maximum atomic E-state index is 13.7. The van der Waals surface area contributed by atoms with Gasteiger partial charge in [0.15, 0.2) is 10.9 Å². The third-order valence-corrected chi connectivity index (χ3v) is 4.48. The van der Waals surface area contributed by atoms with E-state index >= 15 is 0 Å². The SMILES string of the molecule is CC(=O)c1c(C)[nH]c(-c2csc(Nc3ccc(F)cc3F)n2)c1C. The Morgan fingerprint density at radius 1 is 1.29 bits per heavy atom. The van der Waals surface area contributed by atoms with Crippen LogP contribution in [0, 0.1) is 25.5 Å². The van der Waals surface area contributed by atoms with E-state index in [1.54, 1.807) is 0 Å². The van der Waals surface area contributed by atoms with Crippen molar-refractivity contribution in [2.45, 2.75) is 20.8 Å². The highest BCUT2D eigenvalue weighted by Crippen LogP contribution is 2.31. The van der Waals surface area contributed by atoms with Gasteiger partial charge in [-0.15, -0.1) is 11.3 Å². The molecule has 0 bridgehead atoms. The number of aromatic amines is 1. The second-order valence-corrected chi connectivity index (χ2v) is 6.33. The van der Waals surface area contributed by atoms with Gasteiger partial charge in [0, 0.05) is 22.7 Å². The van der Waals surface area contributed by atoms with Gasteiger partial charge in [0.1, 0.15) is 17.3 Å². The topological polar surface area (TPSA) is 57.8 Å². The summed E-state index contributed by atoms with van der Waals surface area (Å²) in [6, 6.07) is 3.32. The Morgan fingerprint density at radius 3 is 2.67 bits per heavy atom. The summed E-state index contributed by atoms with van der Waals surface area (Å²) >= 11 is 1.30. The molecule has 124 valence electrons. The molecule has 2 heterocycles. The fourth-order valence-corrected chi connectivity index (χ4v) is 3.40. The van der Waals surface area contributed by atoms with Gasteiger partial charge in [-0.25, -0.2) is 13.8 Å². The van der Waals surface area contributed by atoms with Crippen molar-refractivity contribution in [3.63, 3.8) is 0 Å². The van der Waals surface area contributed by atoms with Crippen LogP contribution >= 0.6 is 11.3 Å². The number of carbonyl (C=O) groups excluding carboxylic acids is 1. The molecule has 2 N–H and O–H groups in total. The number of ketones is 1. The zero-order chi connectivity index (χ0) is 17.4. The fraction of sp³-hybridized carbons (Fsp3) is 0.176. The number of Topliss-reactive ketones (excluding diaryl/α,β-unsaturated/α-hetero) is 1. The van der Waals surface area contributed by atoms with Crippen LogP contribution in [0.2, 0.25) is 0 Å². The first-order valence-corrected chi connectivity index (χ1v) is 8.13. The first-order valence-electron chi connectivity index (χ1n) is 7.25. The van der Waals surface area contributed by atoms with Crippen molar-refractivity contribution in [1.29, 1.82) is 0 Å². The van der Waals surface area contributed by atoms with Crippen LogP contribution in [-0.4, -0.2) is 15.8 Å². The second-order valence-electron chi connectivity index (χ2n) is 5.47. The van der Waals surface area contributed by atoms with Crippen molar-refractivity contribution >= 4 is 27.9 Å². The van der Waals surface area contributed by atoms with Crippen molar-refractivity contribution in [2.75, 3.05) is 5.32 Å². The van der Waals surface area contributed by atoms with Crippen LogP contribution in [0.15, 0.2) is 23.6 Å². The predicted octanol–water partition coefficient (Wildman–Crippen LogP) is 4.98. The van der Waals surface area contributed by atoms with E-state index in [1.165, 1.54) is 30.4 Å². The number of H-pyrrole nitrogens is 1. The summed E-state index contributed by atoms with van der Waals surface area (Å²) in [5, 5.41) is 5.13. The lowest BCUT2D eigenvalue weighted by Crippen LogP contribution is -1.95. The van der Waals surface area contributed by atoms with Gasteiger partial charge in [-0.1, -0.05) is 0 Å². The summed E-state index contributed by atoms with van der Waals surface area (Å²) in [7, 11) is 0. The lowest BCUT2D eigenvalue weighted by Gasteiger charge is -2.03. The van der Waals surface area contributed by atoms with Gasteiger partial charge >= 0.3 is 0 Å². The molecule has 0 fully saturated rings. The minimum Gasteiger partial charge on any atom is -0.356 e. The molecule has 7 heteroatoms. The summed E-state index contributed by atoms with van der Waals surface area (Å²) in [4.78, 5) is 19.3. The summed E-state index contributed by atoms with van der Waals surface area (Å²) in [5.41, 5.74) is 3.88. The van der Waals surface area contributed by atoms with Crippen LogP contribution in [0.3, 0.4) is 0 Å². The van der Waals surface area contributed by atoms with Gasteiger partial charge in [-0.05, 0) is 38.5 Å². The highest BCUT2D eigenvalue weighted by Gasteiger charge is 2.18. The molecule has 0 unspecified atom stereocenters. The maximum absolute atomic E-state index is 13.7. The minimum absolute atomic E-state index is 0.00513. The molecular weight excluding hydrogens is 332 g/mol. The number of halogens is 2. The summed E-state index contributed by atoms with van der Waals surface area (Å²) < 4.78 is 26.7. The first kappa shape index (κ1) is 16.3. The molecule has 0 aliphatic rings. The van der Waals surface area contributed by atoms with Crippen molar-refractivity contribution in [1.82, 2.24) is 9.97 Å². The van der Waals surface area contributed by atoms with E-state index in [9.17, 15) is 13.6 Å². The molecule has 2 aromatic heterocycles. The highest BCUT2D eigenvalue weighted by atomic mass is 32.1. The van der Waals surface area contributed by atoms with E-state index in [2.05, 4.69) is 15.3 Å². The average molecular weight is 347 g/mol. The van der Waals surface area contributed by atoms with Gasteiger partial charge in [-0.3, -0.25) is 4.79 Å². The van der Waals surface area contributed by atoms with E-state index in [0.29, 0.717) is 16.4 Å². The zero-order valence-corrected chi connectivity index (χ0v) is 14.1. The molecule has 24 heavy (non-hydrogen) atoms. The summed E-state index contributed by atoms with van der Waals surface area (Å²) in [6.07, 6.45) is 0. The Bertz CT molecular complexity index is 930. The molecule has 0 aliphatic heterocycles. The number of aryl methyl sites for hydroxylation is 1. The lowest BCUT2D eigenvalue weighted by molar-refractivity contribution is 0.101. The van der Waals surface area contributed by atoms with Crippen LogP contribution in [0.5, 0.6) is 0 Å².